The van der Waals surface area contributed by atoms with Crippen LogP contribution in [0.2, 0.25) is 0 Å². The molecule has 0 bridgehead atoms. The maximum atomic E-state index is 14.8. The summed E-state index contributed by atoms with van der Waals surface area (Å²) in [4.78, 5) is 30.7. The van der Waals surface area contributed by atoms with Crippen LogP contribution in [-0.4, -0.2) is 53.1 Å². The Bertz CT molecular complexity index is 1340. The number of hydrogen-bond acceptors (Lipinski definition) is 6. The average Bonchev–Trinajstić information content (AvgIpc) is 3.44. The number of nitrogens with zero attached hydrogens (tertiary/aromatic N) is 3. The molecule has 2 aromatic heterocycles. The monoisotopic (exact) mass is 463 g/mol. The highest BCUT2D eigenvalue weighted by Crippen LogP contribution is 2.36. The maximum Gasteiger partial charge on any atom is 0.263 e. The Balaban J connectivity index is 1.05. The summed E-state index contributed by atoms with van der Waals surface area (Å²) in [6.45, 7) is 4.67. The first-order valence-corrected chi connectivity index (χ1v) is 11.7. The van der Waals surface area contributed by atoms with E-state index in [2.05, 4.69) is 20.5 Å². The number of carbonyl (C=O) groups is 1. The Morgan fingerprint density at radius 2 is 2.03 bits per heavy atom. The molecular weight excluding hydrogens is 437 g/mol. The van der Waals surface area contributed by atoms with Crippen molar-refractivity contribution in [2.45, 2.75) is 25.4 Å². The predicted octanol–water partition coefficient (Wildman–Crippen LogP) is 2.08. The molecule has 176 valence electrons. The largest absolute Gasteiger partial charge is 0.480 e. The van der Waals surface area contributed by atoms with E-state index in [1.165, 1.54) is 6.07 Å². The van der Waals surface area contributed by atoms with Gasteiger partial charge in [0.05, 0.1) is 11.2 Å². The summed E-state index contributed by atoms with van der Waals surface area (Å²) in [5.41, 5.74) is 2.23. The lowest BCUT2D eigenvalue weighted by molar-refractivity contribution is -0.118. The van der Waals surface area contributed by atoms with Crippen molar-refractivity contribution in [3.63, 3.8) is 0 Å². The highest BCUT2D eigenvalue weighted by atomic mass is 19.1. The zero-order valence-electron chi connectivity index (χ0n) is 18.7. The number of amides is 1. The second kappa shape index (κ2) is 8.48. The number of aromatic nitrogens is 2. The fourth-order valence-electron chi connectivity index (χ4n) is 5.49. The van der Waals surface area contributed by atoms with Crippen LogP contribution in [0.15, 0.2) is 41.2 Å². The molecule has 6 rings (SSSR count). The topological polar surface area (TPSA) is 88.5 Å². The number of ether oxygens (including phenoxy) is 1. The molecule has 34 heavy (non-hydrogen) atoms. The Morgan fingerprint density at radius 3 is 2.94 bits per heavy atom. The van der Waals surface area contributed by atoms with E-state index < -0.39 is 0 Å². The first kappa shape index (κ1) is 21.2. The molecule has 3 aliphatic rings. The van der Waals surface area contributed by atoms with Crippen molar-refractivity contribution < 1.29 is 13.9 Å². The molecule has 9 heteroatoms. The van der Waals surface area contributed by atoms with E-state index in [1.54, 1.807) is 22.8 Å². The van der Waals surface area contributed by atoms with Crippen LogP contribution in [0, 0.1) is 11.7 Å². The summed E-state index contributed by atoms with van der Waals surface area (Å²) in [7, 11) is 0. The van der Waals surface area contributed by atoms with Crippen LogP contribution in [-0.2, 0) is 17.9 Å². The molecular formula is C25H26FN5O3. The van der Waals surface area contributed by atoms with Crippen LogP contribution < -0.4 is 20.9 Å². The van der Waals surface area contributed by atoms with Crippen molar-refractivity contribution in [3.05, 3.63) is 63.8 Å². The summed E-state index contributed by atoms with van der Waals surface area (Å²) >= 11 is 0. The Labute approximate surface area is 195 Å². The summed E-state index contributed by atoms with van der Waals surface area (Å²) in [6, 6.07) is 10.4. The highest BCUT2D eigenvalue weighted by Gasteiger charge is 2.32. The number of rotatable bonds is 6. The lowest BCUT2D eigenvalue weighted by Gasteiger charge is -2.21. The third kappa shape index (κ3) is 3.84. The van der Waals surface area contributed by atoms with Gasteiger partial charge in [-0.25, -0.2) is 9.37 Å². The zero-order valence-corrected chi connectivity index (χ0v) is 18.7. The van der Waals surface area contributed by atoms with E-state index in [4.69, 9.17) is 4.74 Å². The van der Waals surface area contributed by atoms with E-state index >= 15 is 0 Å². The van der Waals surface area contributed by atoms with Gasteiger partial charge in [-0.2, -0.15) is 0 Å². The smallest absolute Gasteiger partial charge is 0.263 e. The van der Waals surface area contributed by atoms with E-state index in [-0.39, 0.29) is 29.8 Å². The van der Waals surface area contributed by atoms with Crippen LogP contribution in [0.1, 0.15) is 23.6 Å². The molecule has 1 amide bonds. The number of pyridine rings is 2. The number of carbonyl (C=O) groups excluding carboxylic acids is 1. The molecule has 3 aromatic rings. The quantitative estimate of drug-likeness (QED) is 0.582. The normalized spacial score (nSPS) is 21.5. The summed E-state index contributed by atoms with van der Waals surface area (Å²) in [5.74, 6) is 1.14. The van der Waals surface area contributed by atoms with Crippen molar-refractivity contribution >= 4 is 22.6 Å². The van der Waals surface area contributed by atoms with E-state index in [0.29, 0.717) is 36.1 Å². The molecule has 0 saturated carbocycles. The maximum absolute atomic E-state index is 14.8. The molecule has 1 fully saturated rings. The average molecular weight is 464 g/mol. The van der Waals surface area contributed by atoms with Gasteiger partial charge in [0.15, 0.2) is 18.2 Å². The fraction of sp³-hybridized carbons (Fsp3) is 0.400. The van der Waals surface area contributed by atoms with Crippen molar-refractivity contribution in [1.29, 1.82) is 0 Å². The van der Waals surface area contributed by atoms with Gasteiger partial charge in [0.25, 0.3) is 11.5 Å². The van der Waals surface area contributed by atoms with Gasteiger partial charge in [-0.15, -0.1) is 0 Å². The minimum Gasteiger partial charge on any atom is -0.480 e. The molecule has 0 radical (unpaired) electrons. The standard InChI is InChI=1S/C25H26FN5O3/c26-19-4-1-16-2-6-22(33)31-13-17(23(19)24(16)31)12-30-8-7-15(11-30)9-27-10-18-3-5-20-25(28-18)29-21(32)14-34-20/h1-6,15,17,27H,7-14H2,(H,28,29,32)/t15-,17?/m1/s1. The second-order valence-electron chi connectivity index (χ2n) is 9.41. The number of nitrogens with one attached hydrogen (secondary N) is 2. The van der Waals surface area contributed by atoms with Gasteiger partial charge in [-0.05, 0) is 61.1 Å². The van der Waals surface area contributed by atoms with Gasteiger partial charge in [0.1, 0.15) is 5.82 Å². The van der Waals surface area contributed by atoms with Crippen LogP contribution in [0.25, 0.3) is 10.9 Å². The molecule has 3 aliphatic heterocycles. The van der Waals surface area contributed by atoms with Gasteiger partial charge in [0.2, 0.25) is 0 Å². The Morgan fingerprint density at radius 1 is 1.15 bits per heavy atom. The summed E-state index contributed by atoms with van der Waals surface area (Å²) in [5, 5.41) is 7.13. The van der Waals surface area contributed by atoms with E-state index in [0.717, 1.165) is 49.2 Å². The van der Waals surface area contributed by atoms with Crippen molar-refractivity contribution in [1.82, 2.24) is 19.8 Å². The second-order valence-corrected chi connectivity index (χ2v) is 9.41. The van der Waals surface area contributed by atoms with Crippen LogP contribution in [0.4, 0.5) is 10.2 Å². The minimum absolute atomic E-state index is 0.0115. The highest BCUT2D eigenvalue weighted by molar-refractivity contribution is 5.94. The van der Waals surface area contributed by atoms with Crippen molar-refractivity contribution in [3.8, 4) is 5.75 Å². The lowest BCUT2D eigenvalue weighted by atomic mass is 9.98. The number of benzene rings is 1. The zero-order chi connectivity index (χ0) is 23.2. The van der Waals surface area contributed by atoms with Crippen molar-refractivity contribution in [2.75, 3.05) is 38.1 Å². The van der Waals surface area contributed by atoms with Gasteiger partial charge < -0.3 is 24.8 Å². The summed E-state index contributed by atoms with van der Waals surface area (Å²) in [6.07, 6.45) is 1.07. The van der Waals surface area contributed by atoms with Crippen LogP contribution >= 0.6 is 0 Å². The molecule has 1 aromatic carbocycles. The van der Waals surface area contributed by atoms with Gasteiger partial charge >= 0.3 is 0 Å². The molecule has 0 spiro atoms. The number of anilines is 1. The summed E-state index contributed by atoms with van der Waals surface area (Å²) < 4.78 is 21.8. The van der Waals surface area contributed by atoms with Crippen molar-refractivity contribution in [2.24, 2.45) is 5.92 Å². The Kier molecular flexibility index (Phi) is 5.30. The van der Waals surface area contributed by atoms with Gasteiger partial charge in [0, 0.05) is 43.7 Å². The SMILES string of the molecule is O=C1COc2ccc(CNC[C@H]3CCN(CC4Cn5c(=O)ccc6ccc(F)c4c65)C3)nc2N1. The third-order valence-corrected chi connectivity index (χ3v) is 7.07. The van der Waals surface area contributed by atoms with Gasteiger partial charge in [-0.1, -0.05) is 0 Å². The first-order chi connectivity index (χ1) is 16.5. The predicted molar refractivity (Wildman–Crippen MR) is 126 cm³/mol. The Hall–Kier alpha value is -3.30. The molecule has 1 saturated heterocycles. The van der Waals surface area contributed by atoms with E-state index in [1.807, 2.05) is 12.1 Å². The van der Waals surface area contributed by atoms with Gasteiger partial charge in [-0.3, -0.25) is 9.59 Å². The minimum atomic E-state index is -0.217. The lowest BCUT2D eigenvalue weighted by Crippen LogP contribution is -2.30. The first-order valence-electron chi connectivity index (χ1n) is 11.7. The molecule has 5 heterocycles. The van der Waals surface area contributed by atoms with Crippen LogP contribution in [0.3, 0.4) is 0 Å². The number of halogens is 1. The molecule has 8 nitrogen and oxygen atoms in total. The number of likely N-dealkylation sites (tertiary alicyclic amines) is 1. The molecule has 0 aliphatic carbocycles. The molecule has 2 N–H and O–H groups in total. The molecule has 2 atom stereocenters. The fourth-order valence-corrected chi connectivity index (χ4v) is 5.49. The third-order valence-electron chi connectivity index (χ3n) is 7.07. The molecule has 1 unspecified atom stereocenters. The number of hydrogen-bond donors (Lipinski definition) is 2. The van der Waals surface area contributed by atoms with E-state index in [9.17, 15) is 14.0 Å². The number of fused-ring (bicyclic) bond motifs is 1. The van der Waals surface area contributed by atoms with Crippen LogP contribution in [0.5, 0.6) is 5.75 Å².